The average molecular weight is 521 g/mol. The predicted octanol–water partition coefficient (Wildman–Crippen LogP) is 4.05. The van der Waals surface area contributed by atoms with E-state index in [1.165, 1.54) is 12.0 Å². The van der Waals surface area contributed by atoms with Gasteiger partial charge in [-0.25, -0.2) is 0 Å². The number of nitrogens with zero attached hydrogens (tertiary/aromatic N) is 2. The summed E-state index contributed by atoms with van der Waals surface area (Å²) in [5.74, 6) is 0.907. The number of piperazine rings is 1. The number of likely N-dealkylation sites (tertiary alicyclic amines) is 2. The Morgan fingerprint density at radius 1 is 1.16 bits per heavy atom. The van der Waals surface area contributed by atoms with E-state index in [0.717, 1.165) is 72.9 Å². The number of fused-ring (bicyclic) bond motifs is 2. The van der Waals surface area contributed by atoms with E-state index in [9.17, 15) is 5.11 Å². The van der Waals surface area contributed by atoms with Crippen LogP contribution in [0.3, 0.4) is 0 Å². The Morgan fingerprint density at radius 2 is 1.94 bits per heavy atom. The van der Waals surface area contributed by atoms with Crippen molar-refractivity contribution >= 4 is 27.5 Å². The number of benzene rings is 2. The molecule has 5 nitrogen and oxygen atoms in total. The quantitative estimate of drug-likeness (QED) is 0.577. The van der Waals surface area contributed by atoms with Crippen molar-refractivity contribution in [2.75, 3.05) is 32.7 Å². The number of piperidine rings is 1. The molecular weight excluding hydrogens is 490 g/mol. The summed E-state index contributed by atoms with van der Waals surface area (Å²) in [7, 11) is 0. The maximum absolute atomic E-state index is 11.2. The summed E-state index contributed by atoms with van der Waals surface area (Å²) >= 11 is 9.60. The number of ether oxygens (including phenoxy) is 1. The van der Waals surface area contributed by atoms with Crippen LogP contribution in [-0.4, -0.2) is 65.3 Å². The molecule has 3 aliphatic heterocycles. The smallest absolute Gasteiger partial charge is 0.124 e. The van der Waals surface area contributed by atoms with Crippen molar-refractivity contribution in [3.63, 3.8) is 0 Å². The van der Waals surface area contributed by atoms with Gasteiger partial charge in [-0.1, -0.05) is 39.7 Å². The number of nitrogens with one attached hydrogen (secondary N) is 1. The SMILES string of the molecule is OC1(CN2CC3CC2CN3)CCN(Cc2cc(Br)ccc2OCc2ccc(Cl)cc2)CC1. The van der Waals surface area contributed by atoms with Crippen LogP contribution in [0.2, 0.25) is 5.02 Å². The molecule has 5 rings (SSSR count). The van der Waals surface area contributed by atoms with Gasteiger partial charge in [0.15, 0.2) is 0 Å². The highest BCUT2D eigenvalue weighted by molar-refractivity contribution is 9.10. The van der Waals surface area contributed by atoms with E-state index in [-0.39, 0.29) is 0 Å². The maximum atomic E-state index is 11.2. The first-order valence-corrected chi connectivity index (χ1v) is 12.7. The predicted molar refractivity (Wildman–Crippen MR) is 131 cm³/mol. The lowest BCUT2D eigenvalue weighted by molar-refractivity contribution is -0.0507. The van der Waals surface area contributed by atoms with Gasteiger partial charge in [-0.15, -0.1) is 0 Å². The maximum Gasteiger partial charge on any atom is 0.124 e. The van der Waals surface area contributed by atoms with Crippen LogP contribution in [-0.2, 0) is 13.2 Å². The van der Waals surface area contributed by atoms with Crippen LogP contribution in [0.15, 0.2) is 46.9 Å². The number of halogens is 2. The van der Waals surface area contributed by atoms with Gasteiger partial charge in [-0.2, -0.15) is 0 Å². The van der Waals surface area contributed by atoms with Gasteiger partial charge < -0.3 is 15.2 Å². The second-order valence-corrected chi connectivity index (χ2v) is 10.9. The molecular formula is C25H31BrClN3O2. The van der Waals surface area contributed by atoms with Gasteiger partial charge in [0, 0.05) is 66.4 Å². The van der Waals surface area contributed by atoms with E-state index < -0.39 is 5.60 Å². The standard InChI is InChI=1S/C25H31BrClN3O2/c26-20-3-6-24(32-16-18-1-4-21(27)5-2-18)19(11-20)14-29-9-7-25(31,8-10-29)17-30-15-22-12-23(30)13-28-22/h1-6,11,22-23,28,31H,7-10,12-17H2. The second-order valence-electron chi connectivity index (χ2n) is 9.59. The molecule has 3 heterocycles. The summed E-state index contributed by atoms with van der Waals surface area (Å²) in [6.07, 6.45) is 2.89. The van der Waals surface area contributed by atoms with Gasteiger partial charge in [0.2, 0.25) is 0 Å². The molecule has 0 amide bonds. The third-order valence-corrected chi connectivity index (χ3v) is 7.92. The van der Waals surface area contributed by atoms with Gasteiger partial charge in [0.1, 0.15) is 12.4 Å². The molecule has 0 aliphatic carbocycles. The molecule has 3 aliphatic rings. The zero-order valence-corrected chi connectivity index (χ0v) is 20.6. The fraction of sp³-hybridized carbons (Fsp3) is 0.520. The van der Waals surface area contributed by atoms with Crippen LogP contribution in [0.25, 0.3) is 0 Å². The van der Waals surface area contributed by atoms with E-state index >= 15 is 0 Å². The third-order valence-electron chi connectivity index (χ3n) is 7.18. The molecule has 0 aromatic heterocycles. The van der Waals surface area contributed by atoms with E-state index in [1.807, 2.05) is 36.4 Å². The highest BCUT2D eigenvalue weighted by Gasteiger charge is 2.42. The Kier molecular flexibility index (Phi) is 6.80. The molecule has 2 atom stereocenters. The molecule has 172 valence electrons. The summed E-state index contributed by atoms with van der Waals surface area (Å²) in [5, 5.41) is 15.5. The number of hydrogen-bond donors (Lipinski definition) is 2. The van der Waals surface area contributed by atoms with Crippen molar-refractivity contribution < 1.29 is 9.84 Å². The Balaban J connectivity index is 1.17. The molecule has 2 unspecified atom stereocenters. The van der Waals surface area contributed by atoms with Gasteiger partial charge in [-0.05, 0) is 55.2 Å². The van der Waals surface area contributed by atoms with Gasteiger partial charge >= 0.3 is 0 Å². The Hall–Kier alpha value is -1.15. The zero-order valence-electron chi connectivity index (χ0n) is 18.3. The Bertz CT molecular complexity index is 933. The van der Waals surface area contributed by atoms with E-state index in [2.05, 4.69) is 37.1 Å². The average Bonchev–Trinajstić information content (AvgIpc) is 3.39. The van der Waals surface area contributed by atoms with Gasteiger partial charge in [0.05, 0.1) is 5.60 Å². The largest absolute Gasteiger partial charge is 0.489 e. The van der Waals surface area contributed by atoms with Crippen LogP contribution in [0.4, 0.5) is 0 Å². The summed E-state index contributed by atoms with van der Waals surface area (Å²) in [6.45, 7) is 6.12. The summed E-state index contributed by atoms with van der Waals surface area (Å²) < 4.78 is 7.22. The lowest BCUT2D eigenvalue weighted by atomic mass is 9.90. The summed E-state index contributed by atoms with van der Waals surface area (Å²) in [6, 6.07) is 15.2. The van der Waals surface area contributed by atoms with Crippen LogP contribution >= 0.6 is 27.5 Å². The number of aliphatic hydroxyl groups is 1. The minimum atomic E-state index is -0.563. The normalized spacial score (nSPS) is 25.3. The molecule has 2 N–H and O–H groups in total. The molecule has 0 saturated carbocycles. The molecule has 0 radical (unpaired) electrons. The highest BCUT2D eigenvalue weighted by Crippen LogP contribution is 2.32. The van der Waals surface area contributed by atoms with Crippen LogP contribution in [0, 0.1) is 0 Å². The highest BCUT2D eigenvalue weighted by atomic mass is 79.9. The Labute approximate surface area is 203 Å². The van der Waals surface area contributed by atoms with Crippen LogP contribution in [0.1, 0.15) is 30.4 Å². The molecule has 2 aromatic rings. The van der Waals surface area contributed by atoms with Crippen molar-refractivity contribution in [3.8, 4) is 5.75 Å². The monoisotopic (exact) mass is 519 g/mol. The van der Waals surface area contributed by atoms with Crippen molar-refractivity contribution in [1.82, 2.24) is 15.1 Å². The molecule has 2 aromatic carbocycles. The first-order chi connectivity index (χ1) is 15.5. The van der Waals surface area contributed by atoms with Crippen molar-refractivity contribution in [2.24, 2.45) is 0 Å². The molecule has 7 heteroatoms. The van der Waals surface area contributed by atoms with Crippen molar-refractivity contribution in [2.45, 2.75) is 50.1 Å². The minimum Gasteiger partial charge on any atom is -0.489 e. The first-order valence-electron chi connectivity index (χ1n) is 11.5. The molecule has 32 heavy (non-hydrogen) atoms. The summed E-state index contributed by atoms with van der Waals surface area (Å²) in [5.41, 5.74) is 1.70. The number of hydrogen-bond acceptors (Lipinski definition) is 5. The lowest BCUT2D eigenvalue weighted by Gasteiger charge is -2.42. The second kappa shape index (κ2) is 9.61. The van der Waals surface area contributed by atoms with Crippen LogP contribution in [0.5, 0.6) is 5.75 Å². The fourth-order valence-corrected chi connectivity index (χ4v) is 5.83. The zero-order chi connectivity index (χ0) is 22.1. The molecule has 3 saturated heterocycles. The molecule has 2 bridgehead atoms. The first kappa shape index (κ1) is 22.6. The van der Waals surface area contributed by atoms with Crippen molar-refractivity contribution in [1.29, 1.82) is 0 Å². The minimum absolute atomic E-state index is 0.512. The summed E-state index contributed by atoms with van der Waals surface area (Å²) in [4.78, 5) is 4.94. The number of β-amino-alcohol motifs (C(OH)–C–C–N with tert-alkyl or cyclic N) is 1. The topological polar surface area (TPSA) is 48.0 Å². The van der Waals surface area contributed by atoms with E-state index in [4.69, 9.17) is 16.3 Å². The molecule has 0 spiro atoms. The van der Waals surface area contributed by atoms with Gasteiger partial charge in [0.25, 0.3) is 0 Å². The fourth-order valence-electron chi connectivity index (χ4n) is 5.30. The van der Waals surface area contributed by atoms with Crippen LogP contribution < -0.4 is 10.1 Å². The third kappa shape index (κ3) is 5.32. The number of rotatable bonds is 7. The van der Waals surface area contributed by atoms with Gasteiger partial charge in [-0.3, -0.25) is 9.80 Å². The Morgan fingerprint density at radius 3 is 2.62 bits per heavy atom. The molecule has 3 fully saturated rings. The van der Waals surface area contributed by atoms with Crippen molar-refractivity contribution in [3.05, 3.63) is 63.1 Å². The van der Waals surface area contributed by atoms with E-state index in [1.54, 1.807) is 0 Å². The van der Waals surface area contributed by atoms with E-state index in [0.29, 0.717) is 18.7 Å². The lowest BCUT2D eigenvalue weighted by Crippen LogP contribution is -2.54.